The van der Waals surface area contributed by atoms with Gasteiger partial charge in [0, 0.05) is 33.3 Å². The van der Waals surface area contributed by atoms with Gasteiger partial charge in [-0.3, -0.25) is 19.7 Å². The average Bonchev–Trinajstić information content (AvgIpc) is 2.37. The van der Waals surface area contributed by atoms with Crippen molar-refractivity contribution in [3.05, 3.63) is 33.1 Å². The highest BCUT2D eigenvalue weighted by Crippen LogP contribution is 2.25. The summed E-state index contributed by atoms with van der Waals surface area (Å²) in [6.07, 6.45) is 1.31. The summed E-state index contributed by atoms with van der Waals surface area (Å²) < 4.78 is 0. The molecule has 108 valence electrons. The fraction of sp³-hybridized carbons (Fsp3) is 0.364. The van der Waals surface area contributed by atoms with Crippen LogP contribution in [-0.4, -0.2) is 47.3 Å². The summed E-state index contributed by atoms with van der Waals surface area (Å²) in [4.78, 5) is 38.2. The number of hydrogen-bond donors (Lipinski definition) is 1. The number of hydrogen-bond acceptors (Lipinski definition) is 5. The Morgan fingerprint density at radius 2 is 2.15 bits per heavy atom. The van der Waals surface area contributed by atoms with Gasteiger partial charge in [-0.2, -0.15) is 0 Å². The van der Waals surface area contributed by atoms with Crippen molar-refractivity contribution in [1.29, 1.82) is 0 Å². The van der Waals surface area contributed by atoms with Gasteiger partial charge in [0.2, 0.25) is 11.1 Å². The molecule has 1 aromatic heterocycles. The van der Waals surface area contributed by atoms with Crippen molar-refractivity contribution in [3.8, 4) is 0 Å². The molecule has 0 spiro atoms. The molecular formula is C11H13ClN4O4. The first-order valence-corrected chi connectivity index (χ1v) is 5.99. The number of nitro groups is 1. The second kappa shape index (κ2) is 6.80. The van der Waals surface area contributed by atoms with E-state index in [1.165, 1.54) is 17.2 Å². The third kappa shape index (κ3) is 3.89. The summed E-state index contributed by atoms with van der Waals surface area (Å²) in [5.41, 5.74) is -0.738. The molecule has 0 saturated carbocycles. The Morgan fingerprint density at radius 1 is 1.50 bits per heavy atom. The minimum Gasteiger partial charge on any atom is -0.351 e. The molecule has 0 aromatic carbocycles. The van der Waals surface area contributed by atoms with Crippen molar-refractivity contribution in [2.45, 2.75) is 6.42 Å². The van der Waals surface area contributed by atoms with Gasteiger partial charge in [0.05, 0.1) is 4.92 Å². The minimum absolute atomic E-state index is 0.0763. The van der Waals surface area contributed by atoms with Gasteiger partial charge in [0.1, 0.15) is 5.56 Å². The summed E-state index contributed by atoms with van der Waals surface area (Å²) in [6.45, 7) is 0.0763. The first-order chi connectivity index (χ1) is 9.34. The molecular weight excluding hydrogens is 288 g/mol. The second-order valence-corrected chi connectivity index (χ2v) is 4.41. The molecule has 2 amide bonds. The number of nitrogens with zero attached hydrogens (tertiary/aromatic N) is 3. The SMILES string of the molecule is CN(C)C(=O)CCNC(=O)c1ccnc(Cl)c1[N+](=O)[O-]. The Kier molecular flexibility index (Phi) is 5.39. The lowest BCUT2D eigenvalue weighted by Gasteiger charge is -2.10. The highest BCUT2D eigenvalue weighted by Gasteiger charge is 2.24. The Hall–Kier alpha value is -2.22. The zero-order chi connectivity index (χ0) is 15.3. The molecule has 9 heteroatoms. The lowest BCUT2D eigenvalue weighted by atomic mass is 10.2. The van der Waals surface area contributed by atoms with Crippen LogP contribution in [0.4, 0.5) is 5.69 Å². The van der Waals surface area contributed by atoms with E-state index in [9.17, 15) is 19.7 Å². The standard InChI is InChI=1S/C11H13ClN4O4/c1-15(2)8(17)4-6-14-11(18)7-3-5-13-10(12)9(7)16(19)20/h3,5H,4,6H2,1-2H3,(H,14,18). The molecule has 1 aromatic rings. The first-order valence-electron chi connectivity index (χ1n) is 5.61. The molecule has 1 rings (SSSR count). The average molecular weight is 301 g/mol. The smallest absolute Gasteiger partial charge is 0.319 e. The van der Waals surface area contributed by atoms with Crippen LogP contribution in [-0.2, 0) is 4.79 Å². The highest BCUT2D eigenvalue weighted by atomic mass is 35.5. The quantitative estimate of drug-likeness (QED) is 0.493. The summed E-state index contributed by atoms with van der Waals surface area (Å²) in [7, 11) is 3.19. The topological polar surface area (TPSA) is 105 Å². The number of carbonyl (C=O) groups excluding carboxylic acids is 2. The van der Waals surface area contributed by atoms with Crippen LogP contribution in [0.3, 0.4) is 0 Å². The van der Waals surface area contributed by atoms with E-state index in [2.05, 4.69) is 10.3 Å². The summed E-state index contributed by atoms with van der Waals surface area (Å²) >= 11 is 5.60. The fourth-order valence-corrected chi connectivity index (χ4v) is 1.61. The van der Waals surface area contributed by atoms with Crippen molar-refractivity contribution in [3.63, 3.8) is 0 Å². The Labute approximate surface area is 119 Å². The molecule has 8 nitrogen and oxygen atoms in total. The maximum atomic E-state index is 11.8. The normalized spacial score (nSPS) is 9.95. The van der Waals surface area contributed by atoms with E-state index in [1.54, 1.807) is 14.1 Å². The summed E-state index contributed by atoms with van der Waals surface area (Å²) in [6, 6.07) is 1.20. The van der Waals surface area contributed by atoms with E-state index in [1.807, 2.05) is 0 Å². The third-order valence-electron chi connectivity index (χ3n) is 2.43. The lowest BCUT2D eigenvalue weighted by molar-refractivity contribution is -0.385. The molecule has 0 saturated heterocycles. The van der Waals surface area contributed by atoms with Crippen LogP contribution in [0.1, 0.15) is 16.8 Å². The van der Waals surface area contributed by atoms with Gasteiger partial charge in [-0.15, -0.1) is 0 Å². The van der Waals surface area contributed by atoms with Gasteiger partial charge < -0.3 is 10.2 Å². The van der Waals surface area contributed by atoms with Gasteiger partial charge in [0.25, 0.3) is 5.91 Å². The van der Waals surface area contributed by atoms with Gasteiger partial charge in [-0.25, -0.2) is 4.98 Å². The predicted octanol–water partition coefficient (Wildman–Crippen LogP) is 0.851. The summed E-state index contributed by atoms with van der Waals surface area (Å²) in [5.74, 6) is -0.833. The molecule has 0 aliphatic carbocycles. The number of halogens is 1. The van der Waals surface area contributed by atoms with Crippen LogP contribution >= 0.6 is 11.6 Å². The summed E-state index contributed by atoms with van der Waals surface area (Å²) in [5, 5.41) is 12.9. The molecule has 0 unspecified atom stereocenters. The van der Waals surface area contributed by atoms with Gasteiger partial charge in [0.15, 0.2) is 0 Å². The van der Waals surface area contributed by atoms with Crippen molar-refractivity contribution < 1.29 is 14.5 Å². The van der Waals surface area contributed by atoms with Crippen LogP contribution < -0.4 is 5.32 Å². The predicted molar refractivity (Wildman–Crippen MR) is 71.5 cm³/mol. The number of pyridine rings is 1. The molecule has 0 atom stereocenters. The first kappa shape index (κ1) is 15.8. The van der Waals surface area contributed by atoms with Crippen LogP contribution in [0.5, 0.6) is 0 Å². The van der Waals surface area contributed by atoms with Crippen LogP contribution in [0.15, 0.2) is 12.3 Å². The molecule has 1 heterocycles. The zero-order valence-electron chi connectivity index (χ0n) is 10.9. The van der Waals surface area contributed by atoms with E-state index in [4.69, 9.17) is 11.6 Å². The number of rotatable bonds is 5. The van der Waals surface area contributed by atoms with E-state index >= 15 is 0 Å². The van der Waals surface area contributed by atoms with Crippen LogP contribution in [0.25, 0.3) is 0 Å². The van der Waals surface area contributed by atoms with Crippen molar-refractivity contribution >= 4 is 29.1 Å². The molecule has 0 aliphatic rings. The molecule has 1 N–H and O–H groups in total. The van der Waals surface area contributed by atoms with E-state index < -0.39 is 16.5 Å². The third-order valence-corrected chi connectivity index (χ3v) is 2.71. The molecule has 0 bridgehead atoms. The monoisotopic (exact) mass is 300 g/mol. The number of amides is 2. The highest BCUT2D eigenvalue weighted by molar-refractivity contribution is 6.32. The minimum atomic E-state index is -0.769. The number of carbonyl (C=O) groups is 2. The largest absolute Gasteiger partial charge is 0.351 e. The maximum Gasteiger partial charge on any atom is 0.319 e. The van der Waals surface area contributed by atoms with Gasteiger partial charge >= 0.3 is 5.69 Å². The van der Waals surface area contributed by atoms with E-state index in [-0.39, 0.29) is 29.6 Å². The van der Waals surface area contributed by atoms with Crippen molar-refractivity contribution in [2.24, 2.45) is 0 Å². The van der Waals surface area contributed by atoms with Gasteiger partial charge in [-0.1, -0.05) is 11.6 Å². The van der Waals surface area contributed by atoms with E-state index in [0.717, 1.165) is 0 Å². The van der Waals surface area contributed by atoms with Crippen LogP contribution in [0.2, 0.25) is 5.15 Å². The van der Waals surface area contributed by atoms with Gasteiger partial charge in [-0.05, 0) is 6.07 Å². The number of nitrogens with one attached hydrogen (secondary N) is 1. The van der Waals surface area contributed by atoms with Crippen molar-refractivity contribution in [1.82, 2.24) is 15.2 Å². The molecule has 0 radical (unpaired) electrons. The lowest BCUT2D eigenvalue weighted by Crippen LogP contribution is -2.30. The molecule has 0 fully saturated rings. The van der Waals surface area contributed by atoms with Crippen molar-refractivity contribution in [2.75, 3.05) is 20.6 Å². The zero-order valence-corrected chi connectivity index (χ0v) is 11.7. The number of aromatic nitrogens is 1. The van der Waals surface area contributed by atoms with Crippen LogP contribution in [0, 0.1) is 10.1 Å². The maximum absolute atomic E-state index is 11.8. The molecule has 0 aliphatic heterocycles. The Bertz CT molecular complexity index is 547. The van der Waals surface area contributed by atoms with E-state index in [0.29, 0.717) is 0 Å². The Morgan fingerprint density at radius 3 is 2.70 bits per heavy atom. The fourth-order valence-electron chi connectivity index (χ4n) is 1.39. The Balaban J connectivity index is 2.76. The molecule has 20 heavy (non-hydrogen) atoms. The second-order valence-electron chi connectivity index (χ2n) is 4.05.